The Kier molecular flexibility index (Phi) is 5.90. The molecule has 1 aromatic carbocycles. The number of ether oxygens (including phenoxy) is 1. The fourth-order valence-corrected chi connectivity index (χ4v) is 4.41. The van der Waals surface area contributed by atoms with E-state index in [0.717, 1.165) is 28.6 Å². The lowest BCUT2D eigenvalue weighted by Crippen LogP contribution is -2.50. The van der Waals surface area contributed by atoms with Crippen molar-refractivity contribution in [3.05, 3.63) is 47.8 Å². The molecule has 162 valence electrons. The van der Waals surface area contributed by atoms with E-state index in [0.29, 0.717) is 5.56 Å². The molecular weight excluding hydrogens is 427 g/mol. The van der Waals surface area contributed by atoms with Crippen molar-refractivity contribution in [1.82, 2.24) is 14.2 Å². The van der Waals surface area contributed by atoms with Crippen LogP contribution in [-0.4, -0.2) is 66.8 Å². The summed E-state index contributed by atoms with van der Waals surface area (Å²) in [6, 6.07) is 5.38. The molecule has 0 atom stereocenters. The lowest BCUT2D eigenvalue weighted by Gasteiger charge is -2.33. The third kappa shape index (κ3) is 4.82. The summed E-state index contributed by atoms with van der Waals surface area (Å²) in [5, 5.41) is 0. The van der Waals surface area contributed by atoms with E-state index in [2.05, 4.69) is 9.72 Å². The molecule has 1 amide bonds. The molecule has 30 heavy (non-hydrogen) atoms. The molecule has 0 bridgehead atoms. The molecule has 1 aliphatic heterocycles. The van der Waals surface area contributed by atoms with Crippen molar-refractivity contribution < 1.29 is 35.9 Å². The van der Waals surface area contributed by atoms with Crippen molar-refractivity contribution in [2.24, 2.45) is 0 Å². The summed E-state index contributed by atoms with van der Waals surface area (Å²) in [5.41, 5.74) is 0.606. The number of amides is 1. The first-order valence-corrected chi connectivity index (χ1v) is 10.3. The number of hydrogen-bond donors (Lipinski definition) is 1. The van der Waals surface area contributed by atoms with Gasteiger partial charge < -0.3 is 14.6 Å². The van der Waals surface area contributed by atoms with E-state index in [1.165, 1.54) is 24.1 Å². The topological polar surface area (TPSA) is 99.8 Å². The monoisotopic (exact) mass is 445 g/mol. The number of carbonyl (C=O) groups is 2. The first-order valence-electron chi connectivity index (χ1n) is 8.82. The van der Waals surface area contributed by atoms with Crippen LogP contribution in [0.2, 0.25) is 0 Å². The van der Waals surface area contributed by atoms with Gasteiger partial charge in [-0.3, -0.25) is 9.59 Å². The zero-order valence-electron chi connectivity index (χ0n) is 15.8. The highest BCUT2D eigenvalue weighted by Gasteiger charge is 2.33. The predicted molar refractivity (Wildman–Crippen MR) is 98.6 cm³/mol. The summed E-state index contributed by atoms with van der Waals surface area (Å²) in [6.45, 7) is 1.68. The summed E-state index contributed by atoms with van der Waals surface area (Å²) in [4.78, 5) is 27.9. The number of hydrogen-bond acceptors (Lipinski definition) is 5. The van der Waals surface area contributed by atoms with Crippen molar-refractivity contribution in [3.8, 4) is 5.75 Å². The normalized spacial score (nSPS) is 15.8. The van der Waals surface area contributed by atoms with Crippen molar-refractivity contribution in [3.63, 3.8) is 0 Å². The second kappa shape index (κ2) is 8.11. The molecule has 1 saturated heterocycles. The third-order valence-corrected chi connectivity index (χ3v) is 6.45. The van der Waals surface area contributed by atoms with Gasteiger partial charge in [-0.05, 0) is 37.3 Å². The molecule has 1 N–H and O–H groups in total. The van der Waals surface area contributed by atoms with E-state index in [4.69, 9.17) is 0 Å². The Morgan fingerprint density at radius 3 is 2.17 bits per heavy atom. The van der Waals surface area contributed by atoms with E-state index in [-0.39, 0.29) is 48.5 Å². The molecule has 1 aromatic heterocycles. The number of rotatable bonds is 5. The minimum absolute atomic E-state index is 0.0230. The minimum Gasteiger partial charge on any atom is -0.406 e. The Morgan fingerprint density at radius 2 is 1.67 bits per heavy atom. The average Bonchev–Trinajstić information content (AvgIpc) is 3.17. The number of nitrogens with one attached hydrogen (secondary N) is 1. The van der Waals surface area contributed by atoms with E-state index in [9.17, 15) is 31.2 Å². The number of sulfonamides is 1. The number of alkyl halides is 3. The van der Waals surface area contributed by atoms with Crippen molar-refractivity contribution in [1.29, 1.82) is 0 Å². The summed E-state index contributed by atoms with van der Waals surface area (Å²) in [6.07, 6.45) is -3.43. The van der Waals surface area contributed by atoms with Gasteiger partial charge >= 0.3 is 6.36 Å². The zero-order valence-corrected chi connectivity index (χ0v) is 16.6. The van der Waals surface area contributed by atoms with Crippen LogP contribution < -0.4 is 4.74 Å². The molecular formula is C18H18F3N3O5S. The van der Waals surface area contributed by atoms with Gasteiger partial charge in [-0.25, -0.2) is 8.42 Å². The number of carbonyl (C=O) groups excluding carboxylic acids is 2. The Morgan fingerprint density at radius 1 is 1.07 bits per heavy atom. The molecule has 12 heteroatoms. The number of benzene rings is 1. The molecule has 8 nitrogen and oxygen atoms in total. The van der Waals surface area contributed by atoms with Crippen molar-refractivity contribution in [2.45, 2.75) is 18.2 Å². The Labute approximate surface area is 170 Å². The predicted octanol–water partition coefficient (Wildman–Crippen LogP) is 2.26. The highest BCUT2D eigenvalue weighted by Crippen LogP contribution is 2.25. The van der Waals surface area contributed by atoms with Crippen LogP contribution in [0.25, 0.3) is 0 Å². The average molecular weight is 445 g/mol. The van der Waals surface area contributed by atoms with Gasteiger partial charge in [0.05, 0.1) is 4.90 Å². The van der Waals surface area contributed by atoms with Crippen LogP contribution in [0.15, 0.2) is 41.4 Å². The number of H-pyrrole nitrogens is 1. The van der Waals surface area contributed by atoms with Gasteiger partial charge in [0.15, 0.2) is 5.78 Å². The van der Waals surface area contributed by atoms with Crippen LogP contribution in [0, 0.1) is 0 Å². The van der Waals surface area contributed by atoms with Crippen LogP contribution in [0.4, 0.5) is 13.2 Å². The molecule has 0 saturated carbocycles. The number of piperazine rings is 1. The van der Waals surface area contributed by atoms with Gasteiger partial charge in [0.1, 0.15) is 11.4 Å². The van der Waals surface area contributed by atoms with E-state index in [1.807, 2.05) is 0 Å². The number of halogens is 3. The summed E-state index contributed by atoms with van der Waals surface area (Å²) >= 11 is 0. The maximum Gasteiger partial charge on any atom is 0.573 e. The maximum atomic E-state index is 12.7. The number of aromatic nitrogens is 1. The molecule has 2 heterocycles. The van der Waals surface area contributed by atoms with Crippen LogP contribution in [-0.2, 0) is 10.0 Å². The SMILES string of the molecule is CC(=O)c1c[nH]c(C(=O)N2CCN(S(=O)(=O)c3ccc(OC(F)(F)F)cc3)CC2)c1. The fourth-order valence-electron chi connectivity index (χ4n) is 2.99. The number of aromatic amines is 1. The largest absolute Gasteiger partial charge is 0.573 e. The Balaban J connectivity index is 1.64. The van der Waals surface area contributed by atoms with Gasteiger partial charge in [-0.15, -0.1) is 13.2 Å². The fraction of sp³-hybridized carbons (Fsp3) is 0.333. The summed E-state index contributed by atoms with van der Waals surface area (Å²) in [5.74, 6) is -1.06. The first-order chi connectivity index (χ1) is 14.0. The van der Waals surface area contributed by atoms with Gasteiger partial charge in [0.25, 0.3) is 5.91 Å². The molecule has 0 spiro atoms. The number of nitrogens with zero attached hydrogens (tertiary/aromatic N) is 2. The van der Waals surface area contributed by atoms with Gasteiger partial charge in [-0.1, -0.05) is 0 Å². The van der Waals surface area contributed by atoms with Crippen LogP contribution in [0.3, 0.4) is 0 Å². The second-order valence-electron chi connectivity index (χ2n) is 6.57. The van der Waals surface area contributed by atoms with Gasteiger partial charge in [0, 0.05) is 37.9 Å². The first kappa shape index (κ1) is 21.8. The molecule has 1 fully saturated rings. The quantitative estimate of drug-likeness (QED) is 0.712. The molecule has 0 radical (unpaired) electrons. The molecule has 1 aliphatic rings. The minimum atomic E-state index is -4.87. The third-order valence-electron chi connectivity index (χ3n) is 4.54. The number of Topliss-reactive ketones (excluding diaryl/α,β-unsaturated/α-hetero) is 1. The lowest BCUT2D eigenvalue weighted by molar-refractivity contribution is -0.274. The summed E-state index contributed by atoms with van der Waals surface area (Å²) < 4.78 is 67.0. The summed E-state index contributed by atoms with van der Waals surface area (Å²) in [7, 11) is -3.94. The second-order valence-corrected chi connectivity index (χ2v) is 8.51. The van der Waals surface area contributed by atoms with Crippen LogP contribution in [0.1, 0.15) is 27.8 Å². The Hall–Kier alpha value is -2.86. The van der Waals surface area contributed by atoms with E-state index < -0.39 is 22.1 Å². The van der Waals surface area contributed by atoms with Crippen molar-refractivity contribution in [2.75, 3.05) is 26.2 Å². The smallest absolute Gasteiger partial charge is 0.406 e. The van der Waals surface area contributed by atoms with Gasteiger partial charge in [-0.2, -0.15) is 4.31 Å². The van der Waals surface area contributed by atoms with Crippen LogP contribution >= 0.6 is 0 Å². The highest BCUT2D eigenvalue weighted by atomic mass is 32.2. The molecule has 2 aromatic rings. The Bertz CT molecular complexity index is 1040. The van der Waals surface area contributed by atoms with Gasteiger partial charge in [0.2, 0.25) is 10.0 Å². The lowest BCUT2D eigenvalue weighted by atomic mass is 10.2. The van der Waals surface area contributed by atoms with Crippen LogP contribution in [0.5, 0.6) is 5.75 Å². The molecule has 0 unspecified atom stereocenters. The number of ketones is 1. The maximum absolute atomic E-state index is 12.7. The zero-order chi connectivity index (χ0) is 22.1. The van der Waals surface area contributed by atoms with E-state index in [1.54, 1.807) is 0 Å². The highest BCUT2D eigenvalue weighted by molar-refractivity contribution is 7.89. The molecule has 0 aliphatic carbocycles. The standard InChI is InChI=1S/C18H18F3N3O5S/c1-12(25)13-10-16(22-11-13)17(26)23-6-8-24(9-7-23)30(27,28)15-4-2-14(3-5-15)29-18(19,20)21/h2-5,10-11,22H,6-9H2,1H3. The molecule has 3 rings (SSSR count). The van der Waals surface area contributed by atoms with E-state index >= 15 is 0 Å². The van der Waals surface area contributed by atoms with Crippen molar-refractivity contribution >= 4 is 21.7 Å².